The fourth-order valence-electron chi connectivity index (χ4n) is 2.00. The van der Waals surface area contributed by atoms with Gasteiger partial charge in [-0.25, -0.2) is 4.39 Å². The quantitative estimate of drug-likeness (QED) is 0.926. The maximum Gasteiger partial charge on any atom is 0.146 e. The molecule has 2 nitrogen and oxygen atoms in total. The van der Waals surface area contributed by atoms with Gasteiger partial charge in [-0.05, 0) is 58.7 Å². The topological polar surface area (TPSA) is 29.3 Å². The molecule has 0 unspecified atom stereocenters. The van der Waals surface area contributed by atoms with Crippen LogP contribution in [-0.2, 0) is 6.42 Å². The molecule has 0 spiro atoms. The van der Waals surface area contributed by atoms with Gasteiger partial charge >= 0.3 is 0 Å². The molecule has 100 valence electrons. The Balaban J connectivity index is 2.34. The highest BCUT2D eigenvalue weighted by Crippen LogP contribution is 2.32. The molecule has 2 aromatic rings. The fourth-order valence-corrected chi connectivity index (χ4v) is 2.69. The molecule has 4 heteroatoms. The summed E-state index contributed by atoms with van der Waals surface area (Å²) >= 11 is 3.53. The van der Waals surface area contributed by atoms with E-state index in [1.807, 2.05) is 36.2 Å². The predicted octanol–water partition coefficient (Wildman–Crippen LogP) is 3.86. The third-order valence-corrected chi connectivity index (χ3v) is 3.66. The van der Waals surface area contributed by atoms with Gasteiger partial charge in [-0.15, -0.1) is 0 Å². The van der Waals surface area contributed by atoms with Crippen molar-refractivity contribution in [3.8, 4) is 0 Å². The van der Waals surface area contributed by atoms with Crippen LogP contribution in [0.25, 0.3) is 0 Å². The van der Waals surface area contributed by atoms with Crippen LogP contribution in [0.1, 0.15) is 5.56 Å². The number of halogens is 2. The van der Waals surface area contributed by atoms with Gasteiger partial charge in [0.25, 0.3) is 0 Å². The largest absolute Gasteiger partial charge is 0.341 e. The van der Waals surface area contributed by atoms with E-state index in [1.54, 1.807) is 12.1 Å². The number of nitrogens with zero attached hydrogens (tertiary/aromatic N) is 1. The lowest BCUT2D eigenvalue weighted by Gasteiger charge is -2.22. The summed E-state index contributed by atoms with van der Waals surface area (Å²) in [6.07, 6.45) is 0.836. The molecule has 0 radical (unpaired) electrons. The summed E-state index contributed by atoms with van der Waals surface area (Å²) in [7, 11) is 1.85. The molecular weight excluding hydrogens is 307 g/mol. The molecule has 0 saturated carbocycles. The van der Waals surface area contributed by atoms with Crippen LogP contribution in [0.5, 0.6) is 0 Å². The number of benzene rings is 2. The van der Waals surface area contributed by atoms with E-state index < -0.39 is 0 Å². The SMILES string of the molecule is CN(c1ccccc1F)c1ccc(CCN)cc1Br. The molecule has 2 N–H and O–H groups in total. The highest BCUT2D eigenvalue weighted by Gasteiger charge is 2.11. The zero-order valence-corrected chi connectivity index (χ0v) is 12.3. The summed E-state index contributed by atoms with van der Waals surface area (Å²) in [5.74, 6) is -0.233. The second-order valence-electron chi connectivity index (χ2n) is 4.33. The van der Waals surface area contributed by atoms with E-state index in [2.05, 4.69) is 15.9 Å². The van der Waals surface area contributed by atoms with Crippen molar-refractivity contribution in [1.29, 1.82) is 0 Å². The van der Waals surface area contributed by atoms with Gasteiger partial charge in [-0.3, -0.25) is 0 Å². The van der Waals surface area contributed by atoms with Crippen molar-refractivity contribution in [2.75, 3.05) is 18.5 Å². The molecule has 0 fully saturated rings. The van der Waals surface area contributed by atoms with Crippen molar-refractivity contribution in [2.24, 2.45) is 5.73 Å². The van der Waals surface area contributed by atoms with Crippen molar-refractivity contribution < 1.29 is 4.39 Å². The van der Waals surface area contributed by atoms with Gasteiger partial charge < -0.3 is 10.6 Å². The lowest BCUT2D eigenvalue weighted by molar-refractivity contribution is 0.627. The van der Waals surface area contributed by atoms with Crippen LogP contribution in [0.4, 0.5) is 15.8 Å². The van der Waals surface area contributed by atoms with Crippen molar-refractivity contribution in [3.05, 3.63) is 58.3 Å². The summed E-state index contributed by atoms with van der Waals surface area (Å²) < 4.78 is 14.7. The Morgan fingerprint density at radius 3 is 2.53 bits per heavy atom. The Bertz CT molecular complexity index is 572. The molecule has 0 aliphatic heterocycles. The normalized spacial score (nSPS) is 10.5. The second kappa shape index (κ2) is 6.17. The van der Waals surface area contributed by atoms with E-state index in [9.17, 15) is 4.39 Å². The molecule has 0 atom stereocenters. The molecule has 0 saturated heterocycles. The van der Waals surface area contributed by atoms with Crippen LogP contribution in [0.15, 0.2) is 46.9 Å². The van der Waals surface area contributed by atoms with Gasteiger partial charge in [-0.1, -0.05) is 18.2 Å². The van der Waals surface area contributed by atoms with Gasteiger partial charge in [0.05, 0.1) is 11.4 Å². The lowest BCUT2D eigenvalue weighted by atomic mass is 10.1. The number of hydrogen-bond donors (Lipinski definition) is 1. The molecule has 19 heavy (non-hydrogen) atoms. The van der Waals surface area contributed by atoms with Crippen LogP contribution in [0, 0.1) is 5.82 Å². The van der Waals surface area contributed by atoms with Crippen LogP contribution in [0.3, 0.4) is 0 Å². The van der Waals surface area contributed by atoms with E-state index in [0.717, 1.165) is 16.6 Å². The maximum absolute atomic E-state index is 13.8. The first-order valence-corrected chi connectivity index (χ1v) is 6.89. The number of anilines is 2. The van der Waals surface area contributed by atoms with Crippen LogP contribution in [-0.4, -0.2) is 13.6 Å². The average Bonchev–Trinajstić information content (AvgIpc) is 2.39. The summed E-state index contributed by atoms with van der Waals surface area (Å²) in [4.78, 5) is 1.83. The van der Waals surface area contributed by atoms with Gasteiger partial charge in [0.2, 0.25) is 0 Å². The molecule has 2 rings (SSSR count). The fraction of sp³-hybridized carbons (Fsp3) is 0.200. The average molecular weight is 323 g/mol. The zero-order chi connectivity index (χ0) is 13.8. The zero-order valence-electron chi connectivity index (χ0n) is 10.7. The summed E-state index contributed by atoms with van der Waals surface area (Å²) in [6, 6.07) is 12.8. The number of para-hydroxylation sites is 1. The van der Waals surface area contributed by atoms with Gasteiger partial charge in [-0.2, -0.15) is 0 Å². The standard InChI is InChI=1S/C15H16BrFN2/c1-19(15-5-3-2-4-13(15)17)14-7-6-11(8-9-18)10-12(14)16/h2-7,10H,8-9,18H2,1H3. The van der Waals surface area contributed by atoms with Crippen LogP contribution >= 0.6 is 15.9 Å². The summed E-state index contributed by atoms with van der Waals surface area (Å²) in [5.41, 5.74) is 8.18. The molecular formula is C15H16BrFN2. The Kier molecular flexibility index (Phi) is 4.56. The van der Waals surface area contributed by atoms with E-state index >= 15 is 0 Å². The predicted molar refractivity (Wildman–Crippen MR) is 81.4 cm³/mol. The third kappa shape index (κ3) is 3.14. The molecule has 0 bridgehead atoms. The van der Waals surface area contributed by atoms with E-state index in [4.69, 9.17) is 5.73 Å². The van der Waals surface area contributed by atoms with Gasteiger partial charge in [0, 0.05) is 11.5 Å². The Morgan fingerprint density at radius 2 is 1.89 bits per heavy atom. The minimum absolute atomic E-state index is 0.233. The number of rotatable bonds is 4. The van der Waals surface area contributed by atoms with E-state index in [0.29, 0.717) is 12.2 Å². The van der Waals surface area contributed by atoms with Gasteiger partial charge in [0.15, 0.2) is 0 Å². The van der Waals surface area contributed by atoms with E-state index in [1.165, 1.54) is 11.6 Å². The van der Waals surface area contributed by atoms with Crippen molar-refractivity contribution >= 4 is 27.3 Å². The highest BCUT2D eigenvalue weighted by molar-refractivity contribution is 9.10. The lowest BCUT2D eigenvalue weighted by Crippen LogP contribution is -2.12. The molecule has 0 aliphatic rings. The number of nitrogens with two attached hydrogens (primary N) is 1. The molecule has 0 amide bonds. The van der Waals surface area contributed by atoms with E-state index in [-0.39, 0.29) is 5.82 Å². The van der Waals surface area contributed by atoms with Gasteiger partial charge in [0.1, 0.15) is 5.82 Å². The van der Waals surface area contributed by atoms with Crippen LogP contribution < -0.4 is 10.6 Å². The second-order valence-corrected chi connectivity index (χ2v) is 5.19. The monoisotopic (exact) mass is 322 g/mol. The first kappa shape index (κ1) is 14.0. The maximum atomic E-state index is 13.8. The molecule has 2 aromatic carbocycles. The number of hydrogen-bond acceptors (Lipinski definition) is 2. The smallest absolute Gasteiger partial charge is 0.146 e. The molecule has 0 aliphatic carbocycles. The highest BCUT2D eigenvalue weighted by atomic mass is 79.9. The minimum atomic E-state index is -0.233. The Hall–Kier alpha value is -1.39. The Morgan fingerprint density at radius 1 is 1.16 bits per heavy atom. The Labute approximate surface area is 121 Å². The van der Waals surface area contributed by atoms with Crippen molar-refractivity contribution in [2.45, 2.75) is 6.42 Å². The first-order chi connectivity index (χ1) is 9.13. The molecule has 0 aromatic heterocycles. The summed E-state index contributed by atoms with van der Waals surface area (Å²) in [6.45, 7) is 0.620. The van der Waals surface area contributed by atoms with Crippen molar-refractivity contribution in [1.82, 2.24) is 0 Å². The van der Waals surface area contributed by atoms with Crippen LogP contribution in [0.2, 0.25) is 0 Å². The minimum Gasteiger partial charge on any atom is -0.341 e. The first-order valence-electron chi connectivity index (χ1n) is 6.10. The third-order valence-electron chi connectivity index (χ3n) is 3.02. The van der Waals surface area contributed by atoms with Crippen molar-refractivity contribution in [3.63, 3.8) is 0 Å². The summed E-state index contributed by atoms with van der Waals surface area (Å²) in [5, 5.41) is 0. The molecule has 0 heterocycles.